The molecule has 0 unspecified atom stereocenters. The number of rotatable bonds is 3. The molecule has 0 aliphatic heterocycles. The molecule has 0 aliphatic carbocycles. The van der Waals surface area contributed by atoms with E-state index in [0.29, 0.717) is 5.33 Å². The summed E-state index contributed by atoms with van der Waals surface area (Å²) in [7, 11) is 0. The van der Waals surface area contributed by atoms with Gasteiger partial charge >= 0.3 is 5.97 Å². The monoisotopic (exact) mass is 182 g/mol. The summed E-state index contributed by atoms with van der Waals surface area (Å²) in [5.74, 6) is -1.16. The molecular formula is C4H7BrO3. The van der Waals surface area contributed by atoms with Crippen molar-refractivity contribution in [2.24, 2.45) is 0 Å². The number of carboxylic acid groups (broad SMARTS) is 1. The van der Waals surface area contributed by atoms with E-state index in [9.17, 15) is 4.79 Å². The Kier molecular flexibility index (Phi) is 3.81. The number of aliphatic hydroxyl groups is 1. The van der Waals surface area contributed by atoms with Gasteiger partial charge in [-0.1, -0.05) is 15.9 Å². The van der Waals surface area contributed by atoms with Gasteiger partial charge in [-0.15, -0.1) is 0 Å². The highest BCUT2D eigenvalue weighted by atomic mass is 79.9. The lowest BCUT2D eigenvalue weighted by atomic mass is 10.3. The van der Waals surface area contributed by atoms with Crippen LogP contribution >= 0.6 is 15.9 Å². The van der Waals surface area contributed by atoms with E-state index in [1.807, 2.05) is 0 Å². The lowest BCUT2D eigenvalue weighted by molar-refractivity contribution is -0.146. The van der Waals surface area contributed by atoms with Crippen LogP contribution < -0.4 is 0 Å². The molecule has 0 aromatic heterocycles. The molecule has 0 aromatic carbocycles. The third kappa shape index (κ3) is 2.98. The molecule has 48 valence electrons. The Balaban J connectivity index is 3.32. The molecule has 0 rings (SSSR count). The maximum absolute atomic E-state index is 9.82. The van der Waals surface area contributed by atoms with Crippen LogP contribution in [0.15, 0.2) is 0 Å². The van der Waals surface area contributed by atoms with Gasteiger partial charge in [-0.25, -0.2) is 4.79 Å². The Morgan fingerprint density at radius 2 is 2.25 bits per heavy atom. The van der Waals surface area contributed by atoms with E-state index in [4.69, 9.17) is 10.2 Å². The fourth-order valence-corrected chi connectivity index (χ4v) is 0.660. The van der Waals surface area contributed by atoms with Crippen molar-refractivity contribution in [3.05, 3.63) is 0 Å². The van der Waals surface area contributed by atoms with Crippen LogP contribution in [0.3, 0.4) is 0 Å². The predicted molar refractivity (Wildman–Crippen MR) is 32.1 cm³/mol. The average molecular weight is 183 g/mol. The molecular weight excluding hydrogens is 176 g/mol. The zero-order chi connectivity index (χ0) is 6.57. The van der Waals surface area contributed by atoms with E-state index in [-0.39, 0.29) is 6.42 Å². The molecule has 0 aromatic rings. The number of alkyl halides is 1. The van der Waals surface area contributed by atoms with Crippen LogP contribution in [0, 0.1) is 0 Å². The van der Waals surface area contributed by atoms with Crippen molar-refractivity contribution in [1.29, 1.82) is 0 Å². The van der Waals surface area contributed by atoms with Crippen molar-refractivity contribution in [1.82, 2.24) is 0 Å². The number of halogens is 1. The first kappa shape index (κ1) is 7.91. The van der Waals surface area contributed by atoms with Crippen molar-refractivity contribution in [3.63, 3.8) is 0 Å². The maximum atomic E-state index is 9.82. The van der Waals surface area contributed by atoms with Gasteiger partial charge in [-0.2, -0.15) is 0 Å². The second kappa shape index (κ2) is 3.86. The average Bonchev–Trinajstić information content (AvgIpc) is 1.67. The van der Waals surface area contributed by atoms with Crippen LogP contribution in [-0.2, 0) is 4.79 Å². The molecule has 2 N–H and O–H groups in total. The smallest absolute Gasteiger partial charge is 0.332 e. The number of aliphatic hydroxyl groups excluding tert-OH is 1. The number of hydrogen-bond donors (Lipinski definition) is 2. The minimum Gasteiger partial charge on any atom is -0.479 e. The Hall–Kier alpha value is -0.0900. The van der Waals surface area contributed by atoms with Crippen LogP contribution in [-0.4, -0.2) is 27.6 Å². The first-order valence-corrected chi connectivity index (χ1v) is 3.27. The topological polar surface area (TPSA) is 57.5 Å². The second-order valence-electron chi connectivity index (χ2n) is 1.33. The quantitative estimate of drug-likeness (QED) is 0.615. The highest BCUT2D eigenvalue weighted by Crippen LogP contribution is 1.94. The molecule has 1 atom stereocenters. The van der Waals surface area contributed by atoms with Gasteiger partial charge in [0.25, 0.3) is 0 Å². The summed E-state index contributed by atoms with van der Waals surface area (Å²) in [6, 6.07) is 0. The zero-order valence-electron chi connectivity index (χ0n) is 4.17. The molecule has 0 bridgehead atoms. The molecule has 0 saturated carbocycles. The number of hydrogen-bond acceptors (Lipinski definition) is 2. The molecule has 0 saturated heterocycles. The largest absolute Gasteiger partial charge is 0.479 e. The van der Waals surface area contributed by atoms with Gasteiger partial charge in [-0.3, -0.25) is 0 Å². The van der Waals surface area contributed by atoms with Crippen molar-refractivity contribution >= 4 is 21.9 Å². The van der Waals surface area contributed by atoms with E-state index < -0.39 is 12.1 Å². The van der Waals surface area contributed by atoms with E-state index in [1.165, 1.54) is 0 Å². The number of carboxylic acids is 1. The minimum atomic E-state index is -1.21. The summed E-state index contributed by atoms with van der Waals surface area (Å²) in [5.41, 5.74) is 0. The SMILES string of the molecule is O=C(O)[C@H](O)CCBr. The zero-order valence-corrected chi connectivity index (χ0v) is 5.76. The van der Waals surface area contributed by atoms with Crippen LogP contribution in [0.2, 0.25) is 0 Å². The second-order valence-corrected chi connectivity index (χ2v) is 2.12. The molecule has 4 heteroatoms. The van der Waals surface area contributed by atoms with Crippen LogP contribution in [0.1, 0.15) is 6.42 Å². The van der Waals surface area contributed by atoms with E-state index in [2.05, 4.69) is 15.9 Å². The number of carbonyl (C=O) groups is 1. The van der Waals surface area contributed by atoms with Crippen molar-refractivity contribution < 1.29 is 15.0 Å². The first-order valence-electron chi connectivity index (χ1n) is 2.15. The van der Waals surface area contributed by atoms with Crippen molar-refractivity contribution in [2.45, 2.75) is 12.5 Å². The normalized spacial score (nSPS) is 13.2. The summed E-state index contributed by atoms with van der Waals surface area (Å²) < 4.78 is 0. The van der Waals surface area contributed by atoms with Gasteiger partial charge in [0.15, 0.2) is 6.10 Å². The van der Waals surface area contributed by atoms with Crippen molar-refractivity contribution in [2.75, 3.05) is 5.33 Å². The fraction of sp³-hybridized carbons (Fsp3) is 0.750. The van der Waals surface area contributed by atoms with Gasteiger partial charge in [-0.05, 0) is 6.42 Å². The molecule has 0 spiro atoms. The van der Waals surface area contributed by atoms with Gasteiger partial charge < -0.3 is 10.2 Å². The Morgan fingerprint density at radius 1 is 1.75 bits per heavy atom. The van der Waals surface area contributed by atoms with E-state index in [0.717, 1.165) is 0 Å². The molecule has 0 fully saturated rings. The van der Waals surface area contributed by atoms with Gasteiger partial charge in [0.05, 0.1) is 0 Å². The molecule has 0 aliphatic rings. The van der Waals surface area contributed by atoms with Crippen molar-refractivity contribution in [3.8, 4) is 0 Å². The summed E-state index contributed by atoms with van der Waals surface area (Å²) in [6.45, 7) is 0. The third-order valence-electron chi connectivity index (χ3n) is 0.668. The summed E-state index contributed by atoms with van der Waals surface area (Å²) >= 11 is 2.99. The summed E-state index contributed by atoms with van der Waals surface area (Å²) in [6.07, 6.45) is -0.954. The van der Waals surface area contributed by atoms with E-state index >= 15 is 0 Å². The molecule has 8 heavy (non-hydrogen) atoms. The number of aliphatic carboxylic acids is 1. The molecule has 0 radical (unpaired) electrons. The molecule has 0 amide bonds. The summed E-state index contributed by atoms with van der Waals surface area (Å²) in [5, 5.41) is 17.1. The maximum Gasteiger partial charge on any atom is 0.332 e. The van der Waals surface area contributed by atoms with Crippen LogP contribution in [0.25, 0.3) is 0 Å². The van der Waals surface area contributed by atoms with Gasteiger partial charge in [0.1, 0.15) is 0 Å². The Labute approximate surface area is 55.5 Å². The fourth-order valence-electron chi connectivity index (χ4n) is 0.227. The van der Waals surface area contributed by atoms with Gasteiger partial charge in [0.2, 0.25) is 0 Å². The molecule has 3 nitrogen and oxygen atoms in total. The van der Waals surface area contributed by atoms with Crippen LogP contribution in [0.5, 0.6) is 0 Å². The standard InChI is InChI=1S/C4H7BrO3/c5-2-1-3(6)4(7)8/h3,6H,1-2H2,(H,7,8)/t3-/m1/s1. The third-order valence-corrected chi connectivity index (χ3v) is 1.13. The summed E-state index contributed by atoms with van der Waals surface area (Å²) in [4.78, 5) is 9.82. The van der Waals surface area contributed by atoms with Crippen LogP contribution in [0.4, 0.5) is 0 Å². The highest BCUT2D eigenvalue weighted by Gasteiger charge is 2.10. The lowest BCUT2D eigenvalue weighted by Gasteiger charge is -1.98. The predicted octanol–water partition coefficient (Wildman–Crippen LogP) is 0.217. The Morgan fingerprint density at radius 3 is 2.38 bits per heavy atom. The highest BCUT2D eigenvalue weighted by molar-refractivity contribution is 9.09. The Bertz CT molecular complexity index is 83.4. The van der Waals surface area contributed by atoms with Gasteiger partial charge in [0, 0.05) is 5.33 Å². The minimum absolute atomic E-state index is 0.259. The lowest BCUT2D eigenvalue weighted by Crippen LogP contribution is -2.19. The first-order chi connectivity index (χ1) is 3.68. The van der Waals surface area contributed by atoms with E-state index in [1.54, 1.807) is 0 Å². The molecule has 0 heterocycles.